The molecule has 4 N–H and O–H groups in total. The van der Waals surface area contributed by atoms with Crippen molar-refractivity contribution in [2.24, 2.45) is 10.7 Å². The number of methoxy groups -OCH3 is 1. The summed E-state index contributed by atoms with van der Waals surface area (Å²) in [6.07, 6.45) is 0.305. The first kappa shape index (κ1) is 23.2. The lowest BCUT2D eigenvalue weighted by molar-refractivity contribution is -0.0195. The quantitative estimate of drug-likeness (QED) is 0.513. The fourth-order valence-electron chi connectivity index (χ4n) is 4.37. The van der Waals surface area contributed by atoms with E-state index < -0.39 is 43.7 Å². The minimum Gasteiger partial charge on any atom is -0.377 e. The molecule has 2 aliphatic heterocycles. The van der Waals surface area contributed by atoms with Crippen molar-refractivity contribution in [3.63, 3.8) is 0 Å². The van der Waals surface area contributed by atoms with Crippen LogP contribution in [0.25, 0.3) is 0 Å². The molecule has 1 saturated heterocycles. The topological polar surface area (TPSA) is 135 Å². The molecular weight excluding hydrogens is 409 g/mol. The summed E-state index contributed by atoms with van der Waals surface area (Å²) in [4.78, 5) is 32.8. The fraction of sp³-hybridized carbons (Fsp3) is 0.737. The monoisotopic (exact) mass is 441 g/mol. The van der Waals surface area contributed by atoms with Crippen molar-refractivity contribution in [2.45, 2.75) is 70.1 Å². The lowest BCUT2D eigenvalue weighted by Crippen LogP contribution is -2.44. The van der Waals surface area contributed by atoms with Crippen LogP contribution in [0, 0.1) is 0 Å². The van der Waals surface area contributed by atoms with Crippen molar-refractivity contribution in [3.05, 3.63) is 26.5 Å². The number of aromatic amines is 2. The van der Waals surface area contributed by atoms with Crippen LogP contribution in [0.2, 0.25) is 0 Å². The largest absolute Gasteiger partial charge is 0.377 e. The highest BCUT2D eigenvalue weighted by atomic mass is 31.2. The molecule has 6 atom stereocenters. The molecule has 3 rings (SSSR count). The number of hydrogen-bond acceptors (Lipinski definition) is 8. The molecule has 2 aliphatic rings. The Kier molecular flexibility index (Phi) is 7.27. The predicted octanol–water partition coefficient (Wildman–Crippen LogP) is 1.05. The van der Waals surface area contributed by atoms with Gasteiger partial charge in [-0.1, -0.05) is 0 Å². The van der Waals surface area contributed by atoms with Gasteiger partial charge in [0.2, 0.25) is 0 Å². The number of nitrogens with two attached hydrogens (primary N) is 1. The first-order chi connectivity index (χ1) is 14.1. The number of aromatic nitrogens is 2. The second-order valence-corrected chi connectivity index (χ2v) is 9.87. The summed E-state index contributed by atoms with van der Waals surface area (Å²) in [7, 11) is 0.759. The second kappa shape index (κ2) is 9.38. The highest BCUT2D eigenvalue weighted by molar-refractivity contribution is 7.49. The van der Waals surface area contributed by atoms with E-state index in [4.69, 9.17) is 19.7 Å². The number of H-pyrrole nitrogens is 2. The van der Waals surface area contributed by atoms with Crippen LogP contribution < -0.4 is 17.0 Å². The third kappa shape index (κ3) is 4.44. The molecule has 1 fully saturated rings. The summed E-state index contributed by atoms with van der Waals surface area (Å²) < 4.78 is 20.4. The highest BCUT2D eigenvalue weighted by Gasteiger charge is 2.48. The highest BCUT2D eigenvalue weighted by Crippen LogP contribution is 2.43. The standard InChI is InChI=1S/C19H32N5O5P/c1-9(2)24(10(3)4)30(6)28-8-12-13(20)17(27-5)16(29-12)11-7-21-15-14(11)22-19(26)23-18(15)25/h7,9-13,16-17H,8,20H2,1-6H3,(H2,22,23,25,26)/t11?,12-,13+,16+,17?,30?/m1/s1. The minimum atomic E-state index is -0.814. The second-order valence-electron chi connectivity index (χ2n) is 8.22. The van der Waals surface area contributed by atoms with Gasteiger partial charge in [0, 0.05) is 25.4 Å². The van der Waals surface area contributed by atoms with Crippen molar-refractivity contribution in [1.29, 1.82) is 0 Å². The van der Waals surface area contributed by atoms with Gasteiger partial charge in [-0.25, -0.2) is 4.79 Å². The first-order valence-corrected chi connectivity index (χ1v) is 11.8. The molecule has 0 spiro atoms. The van der Waals surface area contributed by atoms with Crippen molar-refractivity contribution in [1.82, 2.24) is 14.6 Å². The number of rotatable bonds is 8. The maximum Gasteiger partial charge on any atom is 0.326 e. The van der Waals surface area contributed by atoms with Gasteiger partial charge in [-0.05, 0) is 34.4 Å². The van der Waals surface area contributed by atoms with Gasteiger partial charge in [0.25, 0.3) is 5.56 Å². The van der Waals surface area contributed by atoms with E-state index in [0.29, 0.717) is 24.4 Å². The molecule has 3 heterocycles. The molecule has 168 valence electrons. The number of nitrogens with zero attached hydrogens (tertiary/aromatic N) is 2. The maximum atomic E-state index is 12.0. The van der Waals surface area contributed by atoms with Gasteiger partial charge in [-0.2, -0.15) is 0 Å². The Morgan fingerprint density at radius 2 is 1.93 bits per heavy atom. The number of nitrogens with one attached hydrogen (secondary N) is 2. The summed E-state index contributed by atoms with van der Waals surface area (Å²) >= 11 is 0. The molecule has 0 saturated carbocycles. The van der Waals surface area contributed by atoms with Crippen molar-refractivity contribution in [2.75, 3.05) is 20.4 Å². The van der Waals surface area contributed by atoms with Gasteiger partial charge in [0.15, 0.2) is 0 Å². The summed E-state index contributed by atoms with van der Waals surface area (Å²) in [5, 5.41) is 0. The van der Waals surface area contributed by atoms with Gasteiger partial charge in [-0.15, -0.1) is 0 Å². The Morgan fingerprint density at radius 1 is 1.27 bits per heavy atom. The fourth-order valence-corrected chi connectivity index (χ4v) is 6.17. The maximum absolute atomic E-state index is 12.0. The summed E-state index contributed by atoms with van der Waals surface area (Å²) in [5.41, 5.74) is 5.94. The molecule has 0 aromatic carbocycles. The van der Waals surface area contributed by atoms with Crippen molar-refractivity contribution in [3.8, 4) is 0 Å². The molecule has 10 nitrogen and oxygen atoms in total. The van der Waals surface area contributed by atoms with Gasteiger partial charge in [0.05, 0.1) is 36.5 Å². The van der Waals surface area contributed by atoms with Crippen LogP contribution in [0.3, 0.4) is 0 Å². The molecular formula is C19H32N5O5P. The Balaban J connectivity index is 1.74. The zero-order valence-corrected chi connectivity index (χ0v) is 19.2. The third-order valence-corrected chi connectivity index (χ3v) is 7.64. The normalized spacial score (nSPS) is 29.3. The van der Waals surface area contributed by atoms with E-state index >= 15 is 0 Å². The van der Waals surface area contributed by atoms with Crippen molar-refractivity contribution < 1.29 is 14.0 Å². The Morgan fingerprint density at radius 3 is 2.53 bits per heavy atom. The van der Waals surface area contributed by atoms with Crippen LogP contribution in [0.1, 0.15) is 39.3 Å². The van der Waals surface area contributed by atoms with Crippen LogP contribution in [0.5, 0.6) is 0 Å². The lowest BCUT2D eigenvalue weighted by Gasteiger charge is -2.35. The molecule has 0 radical (unpaired) electrons. The number of ether oxygens (including phenoxy) is 2. The molecule has 30 heavy (non-hydrogen) atoms. The third-order valence-electron chi connectivity index (χ3n) is 5.54. The van der Waals surface area contributed by atoms with E-state index in [1.165, 1.54) is 0 Å². The number of fused-ring (bicyclic) bond motifs is 1. The number of aliphatic imine (C=N–C) groups is 1. The van der Waals surface area contributed by atoms with Gasteiger partial charge in [0.1, 0.15) is 20.1 Å². The molecule has 0 aliphatic carbocycles. The Labute approximate surface area is 177 Å². The van der Waals surface area contributed by atoms with E-state index in [1.807, 2.05) is 0 Å². The van der Waals surface area contributed by atoms with E-state index in [2.05, 4.69) is 54.0 Å². The first-order valence-electron chi connectivity index (χ1n) is 10.1. The van der Waals surface area contributed by atoms with Crippen LogP contribution in [0.4, 0.5) is 5.69 Å². The van der Waals surface area contributed by atoms with Gasteiger partial charge < -0.3 is 24.7 Å². The molecule has 0 bridgehead atoms. The summed E-state index contributed by atoms with van der Waals surface area (Å²) in [6.45, 7) is 11.0. The lowest BCUT2D eigenvalue weighted by atomic mass is 9.94. The predicted molar refractivity (Wildman–Crippen MR) is 117 cm³/mol. The van der Waals surface area contributed by atoms with Gasteiger partial charge >= 0.3 is 5.69 Å². The minimum absolute atomic E-state index is 0.188. The zero-order chi connectivity index (χ0) is 22.2. The van der Waals surface area contributed by atoms with Crippen LogP contribution in [0.15, 0.2) is 14.6 Å². The van der Waals surface area contributed by atoms with Crippen molar-refractivity contribution >= 4 is 20.2 Å². The van der Waals surface area contributed by atoms with E-state index in [-0.39, 0.29) is 11.8 Å². The Bertz CT molecular complexity index is 877. The van der Waals surface area contributed by atoms with Gasteiger partial charge in [-0.3, -0.25) is 19.4 Å². The Hall–Kier alpha value is -1.42. The van der Waals surface area contributed by atoms with E-state index in [1.54, 1.807) is 13.3 Å². The average molecular weight is 441 g/mol. The SMILES string of the molecule is COC1[C@H](C2C=Nc3c2[nH]c(=O)[nH]c3=O)O[C@H](COP(C)N(C(C)C)C(C)C)[C@@H]1N. The van der Waals surface area contributed by atoms with Crippen LogP contribution in [-0.2, 0) is 14.0 Å². The molecule has 1 aromatic rings. The molecule has 11 heteroatoms. The molecule has 0 amide bonds. The van der Waals surface area contributed by atoms with Crippen LogP contribution >= 0.6 is 8.30 Å². The van der Waals surface area contributed by atoms with Crippen LogP contribution in [-0.4, -0.2) is 77.7 Å². The smallest absolute Gasteiger partial charge is 0.326 e. The van der Waals surface area contributed by atoms with E-state index in [0.717, 1.165) is 0 Å². The zero-order valence-electron chi connectivity index (χ0n) is 18.3. The summed E-state index contributed by atoms with van der Waals surface area (Å²) in [6, 6.07) is 0.306. The van der Waals surface area contributed by atoms with E-state index in [9.17, 15) is 9.59 Å². The summed E-state index contributed by atoms with van der Waals surface area (Å²) in [5.74, 6) is -0.429. The number of hydrogen-bond donors (Lipinski definition) is 3. The molecule has 3 unspecified atom stereocenters. The molecule has 1 aromatic heterocycles. The average Bonchev–Trinajstić information content (AvgIpc) is 3.20.